The normalized spacial score (nSPS) is 27.1. The van der Waals surface area contributed by atoms with Crippen molar-refractivity contribution >= 4 is 45.5 Å². The number of carbonyl (C=O) groups is 4. The molecule has 3 unspecified atom stereocenters. The summed E-state index contributed by atoms with van der Waals surface area (Å²) in [5.41, 5.74) is -1.35. The highest BCUT2D eigenvalue weighted by Crippen LogP contribution is 2.60. The summed E-state index contributed by atoms with van der Waals surface area (Å²) in [4.78, 5) is 49.9. The van der Waals surface area contributed by atoms with E-state index < -0.39 is 49.8 Å². The topological polar surface area (TPSA) is 136 Å². The largest absolute Gasteiger partial charge is 0.460 e. The molecule has 1 N–H and O–H groups in total. The number of esters is 1. The van der Waals surface area contributed by atoms with E-state index in [2.05, 4.69) is 5.32 Å². The lowest BCUT2D eigenvalue weighted by molar-refractivity contribution is -0.160. The Morgan fingerprint density at radius 2 is 1.92 bits per heavy atom. The van der Waals surface area contributed by atoms with Gasteiger partial charge < -0.3 is 14.8 Å². The first-order valence-electron chi connectivity index (χ1n) is 11.9. The number of thioether (sulfide) groups is 1. The van der Waals surface area contributed by atoms with E-state index >= 15 is 0 Å². The van der Waals surface area contributed by atoms with Crippen LogP contribution >= 0.6 is 11.8 Å². The molecule has 3 atom stereocenters. The Kier molecular flexibility index (Phi) is 8.72. The van der Waals surface area contributed by atoms with Gasteiger partial charge in [-0.05, 0) is 30.9 Å². The highest BCUT2D eigenvalue weighted by molar-refractivity contribution is 7.99. The lowest BCUT2D eigenvalue weighted by Crippen LogP contribution is -2.61. The number of amides is 3. The molecule has 0 aromatic heterocycles. The van der Waals surface area contributed by atoms with E-state index in [9.17, 15) is 27.6 Å². The first kappa shape index (κ1) is 28.4. The zero-order valence-corrected chi connectivity index (χ0v) is 22.7. The van der Waals surface area contributed by atoms with E-state index in [1.165, 1.54) is 30.0 Å². The lowest BCUT2D eigenvalue weighted by atomic mass is 9.63. The Hall–Kier alpha value is -2.18. The van der Waals surface area contributed by atoms with E-state index in [4.69, 9.17) is 9.47 Å². The molecule has 3 amide bonds. The average Bonchev–Trinajstić information content (AvgIpc) is 3.00. The van der Waals surface area contributed by atoms with Crippen molar-refractivity contribution in [2.45, 2.75) is 45.3 Å². The molecule has 0 aromatic carbocycles. The zero-order chi connectivity index (χ0) is 26.7. The summed E-state index contributed by atoms with van der Waals surface area (Å²) in [5.74, 6) is -2.18. The van der Waals surface area contributed by atoms with E-state index in [1.807, 2.05) is 20.1 Å². The van der Waals surface area contributed by atoms with E-state index in [-0.39, 0.29) is 37.7 Å². The van der Waals surface area contributed by atoms with Crippen LogP contribution in [0.3, 0.4) is 0 Å². The molecule has 3 aliphatic rings. The molecule has 0 aromatic rings. The van der Waals surface area contributed by atoms with Crippen LogP contribution in [0.5, 0.6) is 0 Å². The van der Waals surface area contributed by atoms with Gasteiger partial charge in [0, 0.05) is 12.5 Å². The van der Waals surface area contributed by atoms with Crippen molar-refractivity contribution in [3.05, 3.63) is 23.8 Å². The van der Waals surface area contributed by atoms with Crippen LogP contribution in [0, 0.1) is 16.7 Å². The molecular weight excluding hydrogens is 508 g/mol. The van der Waals surface area contributed by atoms with Gasteiger partial charge in [0.05, 0.1) is 30.0 Å². The molecule has 2 aliphatic carbocycles. The van der Waals surface area contributed by atoms with Crippen molar-refractivity contribution in [3.63, 3.8) is 0 Å². The molecule has 12 heteroatoms. The third kappa shape index (κ3) is 5.26. The number of carbonyl (C=O) groups excluding carboxylic acids is 4. The Morgan fingerprint density at radius 1 is 1.19 bits per heavy atom. The van der Waals surface area contributed by atoms with Gasteiger partial charge in [-0.25, -0.2) is 13.2 Å². The summed E-state index contributed by atoms with van der Waals surface area (Å²) in [6.45, 7) is 6.22. The van der Waals surface area contributed by atoms with Crippen LogP contribution in [0.25, 0.3) is 0 Å². The summed E-state index contributed by atoms with van der Waals surface area (Å²) < 4.78 is 37.6. The number of hydrogen-bond acceptors (Lipinski definition) is 9. The first-order chi connectivity index (χ1) is 16.9. The molecule has 3 rings (SSSR count). The van der Waals surface area contributed by atoms with Crippen LogP contribution in [0.1, 0.15) is 40.0 Å². The maximum Gasteiger partial charge on any atom is 0.337 e. The molecule has 0 spiro atoms. The predicted molar refractivity (Wildman–Crippen MR) is 134 cm³/mol. The predicted octanol–water partition coefficient (Wildman–Crippen LogP) is 1.42. The van der Waals surface area contributed by atoms with Crippen molar-refractivity contribution in [2.75, 3.05) is 38.4 Å². The number of fused-ring (bicyclic) bond motifs is 2. The summed E-state index contributed by atoms with van der Waals surface area (Å²) in [6, 6.07) is 0. The van der Waals surface area contributed by atoms with Crippen molar-refractivity contribution in [2.24, 2.45) is 16.7 Å². The molecule has 10 nitrogen and oxygen atoms in total. The Bertz CT molecular complexity index is 1080. The van der Waals surface area contributed by atoms with Crippen LogP contribution in [0.4, 0.5) is 0 Å². The van der Waals surface area contributed by atoms with Gasteiger partial charge in [0.15, 0.2) is 0 Å². The number of sulfonamides is 1. The minimum atomic E-state index is -4.29. The van der Waals surface area contributed by atoms with E-state index in [0.717, 1.165) is 0 Å². The number of piperidine rings is 1. The third-order valence-corrected chi connectivity index (χ3v) is 10.1. The summed E-state index contributed by atoms with van der Waals surface area (Å²) in [6.07, 6.45) is 6.82. The van der Waals surface area contributed by atoms with Crippen molar-refractivity contribution < 1.29 is 37.1 Å². The smallest absolute Gasteiger partial charge is 0.337 e. The molecule has 1 aliphatic heterocycles. The standard InChI is InChI=1S/C24H34N2O8S2/c1-23(2)18-9-10-24(23,3)22(30)26(20(18)28)36(31,32)17-7-5-16(6-8-17)21(29)34-14-13-33-12-11-25-19(27)15-35-4/h5-7,17-18H,8-15H2,1-4H3,(H,25,27). The van der Waals surface area contributed by atoms with Crippen LogP contribution in [-0.2, 0) is 38.7 Å². The number of nitrogens with one attached hydrogen (secondary N) is 1. The van der Waals surface area contributed by atoms with Crippen molar-refractivity contribution in [1.29, 1.82) is 0 Å². The average molecular weight is 543 g/mol. The minimum absolute atomic E-state index is 0.00294. The second kappa shape index (κ2) is 11.1. The Labute approximate surface area is 216 Å². The monoisotopic (exact) mass is 542 g/mol. The summed E-state index contributed by atoms with van der Waals surface area (Å²) in [7, 11) is -4.29. The molecule has 1 saturated carbocycles. The summed E-state index contributed by atoms with van der Waals surface area (Å²) >= 11 is 1.42. The van der Waals surface area contributed by atoms with Gasteiger partial charge in [-0.15, -0.1) is 0 Å². The van der Waals surface area contributed by atoms with Crippen LogP contribution in [0.15, 0.2) is 23.8 Å². The molecule has 200 valence electrons. The van der Waals surface area contributed by atoms with Gasteiger partial charge in [-0.3, -0.25) is 14.4 Å². The second-order valence-electron chi connectivity index (χ2n) is 9.92. The highest BCUT2D eigenvalue weighted by Gasteiger charge is 2.66. The maximum absolute atomic E-state index is 13.3. The van der Waals surface area contributed by atoms with Gasteiger partial charge >= 0.3 is 5.97 Å². The molecular formula is C24H34N2O8S2. The van der Waals surface area contributed by atoms with Gasteiger partial charge in [-0.2, -0.15) is 16.1 Å². The summed E-state index contributed by atoms with van der Waals surface area (Å²) in [5, 5.41) is 1.56. The fourth-order valence-electron chi connectivity index (χ4n) is 4.95. The van der Waals surface area contributed by atoms with Crippen molar-refractivity contribution in [1.82, 2.24) is 9.62 Å². The fraction of sp³-hybridized carbons (Fsp3) is 0.667. The minimum Gasteiger partial charge on any atom is -0.460 e. The molecule has 2 fully saturated rings. The van der Waals surface area contributed by atoms with Crippen LogP contribution in [0.2, 0.25) is 0 Å². The van der Waals surface area contributed by atoms with Gasteiger partial charge in [0.1, 0.15) is 11.9 Å². The Morgan fingerprint density at radius 3 is 2.56 bits per heavy atom. The van der Waals surface area contributed by atoms with E-state index in [1.54, 1.807) is 6.92 Å². The quantitative estimate of drug-likeness (QED) is 0.233. The number of imide groups is 1. The number of rotatable bonds is 11. The number of hydrogen-bond donors (Lipinski definition) is 1. The van der Waals surface area contributed by atoms with Gasteiger partial charge in [0.2, 0.25) is 17.7 Å². The Balaban J connectivity index is 1.50. The fourth-order valence-corrected chi connectivity index (χ4v) is 7.02. The zero-order valence-electron chi connectivity index (χ0n) is 21.1. The molecule has 36 heavy (non-hydrogen) atoms. The van der Waals surface area contributed by atoms with Gasteiger partial charge in [-0.1, -0.05) is 39.0 Å². The number of allylic oxidation sites excluding steroid dienone is 1. The third-order valence-electron chi connectivity index (χ3n) is 7.62. The first-order valence-corrected chi connectivity index (χ1v) is 14.8. The van der Waals surface area contributed by atoms with Crippen LogP contribution < -0.4 is 5.32 Å². The molecule has 0 radical (unpaired) electrons. The van der Waals surface area contributed by atoms with Crippen molar-refractivity contribution in [3.8, 4) is 0 Å². The molecule has 1 heterocycles. The highest BCUT2D eigenvalue weighted by atomic mass is 32.2. The number of ether oxygens (including phenoxy) is 2. The van der Waals surface area contributed by atoms with Gasteiger partial charge in [0.25, 0.3) is 10.0 Å². The second-order valence-corrected chi connectivity index (χ2v) is 12.8. The van der Waals surface area contributed by atoms with E-state index in [0.29, 0.717) is 29.4 Å². The van der Waals surface area contributed by atoms with Crippen LogP contribution in [-0.4, -0.2) is 80.0 Å². The SMILES string of the molecule is CSCC(=O)NCCOCCOC(=O)C1=CCC(S(=O)(=O)N2C(=O)C3CCC(C)(C2=O)C3(C)C)C=C1. The molecule has 1 saturated heterocycles. The lowest BCUT2D eigenvalue weighted by Gasteiger charge is -2.47. The number of nitrogens with zero attached hydrogens (tertiary/aromatic N) is 1. The molecule has 2 bridgehead atoms. The maximum atomic E-state index is 13.3.